The van der Waals surface area contributed by atoms with Crippen LogP contribution in [0.2, 0.25) is 0 Å². The minimum absolute atomic E-state index is 0.311. The van der Waals surface area contributed by atoms with Gasteiger partial charge in [-0.25, -0.2) is 4.79 Å². The van der Waals surface area contributed by atoms with Crippen molar-refractivity contribution in [3.8, 4) is 0 Å². The average molecular weight is 252 g/mol. The second-order valence-electron chi connectivity index (χ2n) is 6.01. The molecule has 2 aliphatic rings. The zero-order valence-corrected chi connectivity index (χ0v) is 12.0. The SMILES string of the molecule is CCC1CCCN(C(=O)N2CCCC(CC)C2)C1. The Bertz CT molecular complexity index is 254. The fourth-order valence-corrected chi connectivity index (χ4v) is 3.34. The predicted octanol–water partition coefficient (Wildman–Crippen LogP) is 3.35. The summed E-state index contributed by atoms with van der Waals surface area (Å²) in [6.45, 7) is 8.41. The third kappa shape index (κ3) is 3.18. The van der Waals surface area contributed by atoms with Gasteiger partial charge in [0.25, 0.3) is 0 Å². The minimum Gasteiger partial charge on any atom is -0.324 e. The highest BCUT2D eigenvalue weighted by atomic mass is 16.2. The number of piperidine rings is 2. The first-order valence-electron chi connectivity index (χ1n) is 7.78. The number of urea groups is 1. The summed E-state index contributed by atoms with van der Waals surface area (Å²) < 4.78 is 0. The molecule has 2 saturated heterocycles. The maximum Gasteiger partial charge on any atom is 0.320 e. The lowest BCUT2D eigenvalue weighted by molar-refractivity contribution is 0.108. The number of carbonyl (C=O) groups is 1. The Labute approximate surface area is 112 Å². The summed E-state index contributed by atoms with van der Waals surface area (Å²) >= 11 is 0. The molecular weight excluding hydrogens is 224 g/mol. The summed E-state index contributed by atoms with van der Waals surface area (Å²) in [6.07, 6.45) is 7.41. The van der Waals surface area contributed by atoms with E-state index in [0.717, 1.165) is 38.0 Å². The van der Waals surface area contributed by atoms with Crippen LogP contribution >= 0.6 is 0 Å². The largest absolute Gasteiger partial charge is 0.324 e. The molecule has 18 heavy (non-hydrogen) atoms. The van der Waals surface area contributed by atoms with Crippen LogP contribution in [0, 0.1) is 11.8 Å². The lowest BCUT2D eigenvalue weighted by Gasteiger charge is -2.39. The van der Waals surface area contributed by atoms with Gasteiger partial charge in [-0.15, -0.1) is 0 Å². The first-order chi connectivity index (χ1) is 8.74. The lowest BCUT2D eigenvalue weighted by Crippen LogP contribution is -2.50. The van der Waals surface area contributed by atoms with Crippen LogP contribution in [0.1, 0.15) is 52.4 Å². The molecule has 0 bridgehead atoms. The average Bonchev–Trinajstić information content (AvgIpc) is 2.46. The molecule has 0 saturated carbocycles. The highest BCUT2D eigenvalue weighted by Gasteiger charge is 2.29. The highest BCUT2D eigenvalue weighted by Crippen LogP contribution is 2.23. The summed E-state index contributed by atoms with van der Waals surface area (Å²) in [5.41, 5.74) is 0. The monoisotopic (exact) mass is 252 g/mol. The number of hydrogen-bond donors (Lipinski definition) is 0. The van der Waals surface area contributed by atoms with Gasteiger partial charge in [0.1, 0.15) is 0 Å². The van der Waals surface area contributed by atoms with Gasteiger partial charge in [0.05, 0.1) is 0 Å². The van der Waals surface area contributed by atoms with Gasteiger partial charge in [0.15, 0.2) is 0 Å². The van der Waals surface area contributed by atoms with Gasteiger partial charge in [-0.1, -0.05) is 26.7 Å². The molecule has 104 valence electrons. The molecule has 0 spiro atoms. The third-order valence-electron chi connectivity index (χ3n) is 4.73. The van der Waals surface area contributed by atoms with Crippen molar-refractivity contribution in [1.82, 2.24) is 9.80 Å². The second kappa shape index (κ2) is 6.44. The summed E-state index contributed by atoms with van der Waals surface area (Å²) in [5, 5.41) is 0. The van der Waals surface area contributed by atoms with Crippen molar-refractivity contribution in [3.05, 3.63) is 0 Å². The number of hydrogen-bond acceptors (Lipinski definition) is 1. The molecule has 0 aliphatic carbocycles. The molecule has 2 fully saturated rings. The van der Waals surface area contributed by atoms with Gasteiger partial charge in [0, 0.05) is 26.2 Å². The quantitative estimate of drug-likeness (QED) is 0.739. The predicted molar refractivity (Wildman–Crippen MR) is 74.6 cm³/mol. The standard InChI is InChI=1S/C15H28N2O/c1-3-13-7-5-9-16(11-13)15(18)17-10-6-8-14(4-2)12-17/h13-14H,3-12H2,1-2H3. The number of amides is 2. The molecule has 2 aliphatic heterocycles. The molecule has 2 heterocycles. The van der Waals surface area contributed by atoms with Crippen LogP contribution < -0.4 is 0 Å². The van der Waals surface area contributed by atoms with Gasteiger partial charge >= 0.3 is 6.03 Å². The summed E-state index contributed by atoms with van der Waals surface area (Å²) in [7, 11) is 0. The molecule has 0 aromatic rings. The molecule has 3 nitrogen and oxygen atoms in total. The van der Waals surface area contributed by atoms with Crippen molar-refractivity contribution in [1.29, 1.82) is 0 Å². The maximum absolute atomic E-state index is 12.5. The van der Waals surface area contributed by atoms with Gasteiger partial charge in [0.2, 0.25) is 0 Å². The maximum atomic E-state index is 12.5. The molecule has 2 unspecified atom stereocenters. The zero-order valence-electron chi connectivity index (χ0n) is 12.0. The summed E-state index contributed by atoms with van der Waals surface area (Å²) in [5.74, 6) is 1.46. The summed E-state index contributed by atoms with van der Waals surface area (Å²) in [4.78, 5) is 16.7. The Morgan fingerprint density at radius 2 is 1.39 bits per heavy atom. The van der Waals surface area contributed by atoms with Crippen LogP contribution in [0.15, 0.2) is 0 Å². The third-order valence-corrected chi connectivity index (χ3v) is 4.73. The van der Waals surface area contributed by atoms with Crippen molar-refractivity contribution in [3.63, 3.8) is 0 Å². The van der Waals surface area contributed by atoms with Crippen LogP contribution in [-0.4, -0.2) is 42.0 Å². The molecule has 0 aromatic carbocycles. The fraction of sp³-hybridized carbons (Fsp3) is 0.933. The van der Waals surface area contributed by atoms with Crippen molar-refractivity contribution in [2.75, 3.05) is 26.2 Å². The second-order valence-corrected chi connectivity index (χ2v) is 6.01. The Morgan fingerprint density at radius 3 is 1.78 bits per heavy atom. The highest BCUT2D eigenvalue weighted by molar-refractivity contribution is 5.74. The Morgan fingerprint density at radius 1 is 0.944 bits per heavy atom. The van der Waals surface area contributed by atoms with E-state index in [2.05, 4.69) is 23.6 Å². The van der Waals surface area contributed by atoms with E-state index in [1.54, 1.807) is 0 Å². The first kappa shape index (κ1) is 13.7. The van der Waals surface area contributed by atoms with Gasteiger partial charge in [-0.3, -0.25) is 0 Å². The molecule has 2 atom stereocenters. The van der Waals surface area contributed by atoms with E-state index in [9.17, 15) is 4.79 Å². The lowest BCUT2D eigenvalue weighted by atomic mass is 9.94. The number of rotatable bonds is 2. The minimum atomic E-state index is 0.311. The Hall–Kier alpha value is -0.730. The molecular formula is C15H28N2O. The molecule has 0 aromatic heterocycles. The van der Waals surface area contributed by atoms with E-state index >= 15 is 0 Å². The van der Waals surface area contributed by atoms with Gasteiger partial charge in [-0.2, -0.15) is 0 Å². The van der Waals surface area contributed by atoms with Gasteiger partial charge in [-0.05, 0) is 37.5 Å². The topological polar surface area (TPSA) is 23.6 Å². The van der Waals surface area contributed by atoms with Gasteiger partial charge < -0.3 is 9.80 Å². The van der Waals surface area contributed by atoms with Crippen molar-refractivity contribution in [2.45, 2.75) is 52.4 Å². The molecule has 0 N–H and O–H groups in total. The van der Waals surface area contributed by atoms with Crippen molar-refractivity contribution in [2.24, 2.45) is 11.8 Å². The Balaban J connectivity index is 1.89. The zero-order chi connectivity index (χ0) is 13.0. The summed E-state index contributed by atoms with van der Waals surface area (Å²) in [6, 6.07) is 0.311. The van der Waals surface area contributed by atoms with Crippen LogP contribution in [0.4, 0.5) is 4.79 Å². The van der Waals surface area contributed by atoms with E-state index in [4.69, 9.17) is 0 Å². The number of carbonyl (C=O) groups excluding carboxylic acids is 1. The van der Waals surface area contributed by atoms with Crippen LogP contribution in [0.3, 0.4) is 0 Å². The first-order valence-corrected chi connectivity index (χ1v) is 7.78. The normalized spacial score (nSPS) is 29.4. The smallest absolute Gasteiger partial charge is 0.320 e. The van der Waals surface area contributed by atoms with Crippen LogP contribution in [0.5, 0.6) is 0 Å². The van der Waals surface area contributed by atoms with Crippen LogP contribution in [0.25, 0.3) is 0 Å². The Kier molecular flexibility index (Phi) is 4.90. The fourth-order valence-electron chi connectivity index (χ4n) is 3.34. The molecule has 2 amide bonds. The van der Waals surface area contributed by atoms with E-state index in [0.29, 0.717) is 6.03 Å². The van der Waals surface area contributed by atoms with Crippen molar-refractivity contribution >= 4 is 6.03 Å². The number of likely N-dealkylation sites (tertiary alicyclic amines) is 2. The van der Waals surface area contributed by atoms with E-state index in [1.807, 2.05) is 0 Å². The number of nitrogens with zero attached hydrogens (tertiary/aromatic N) is 2. The van der Waals surface area contributed by atoms with Crippen LogP contribution in [-0.2, 0) is 0 Å². The van der Waals surface area contributed by atoms with Crippen molar-refractivity contribution < 1.29 is 4.79 Å². The van der Waals surface area contributed by atoms with E-state index in [1.165, 1.54) is 38.5 Å². The molecule has 2 rings (SSSR count). The molecule has 0 radical (unpaired) electrons. The van der Waals surface area contributed by atoms with E-state index in [-0.39, 0.29) is 0 Å². The molecule has 3 heteroatoms. The van der Waals surface area contributed by atoms with E-state index < -0.39 is 0 Å².